The topological polar surface area (TPSA) is 105 Å². The second kappa shape index (κ2) is 8.22. The van der Waals surface area contributed by atoms with E-state index in [1.165, 1.54) is 0 Å². The summed E-state index contributed by atoms with van der Waals surface area (Å²) in [4.78, 5) is 4.19. The number of H-pyrrole nitrogens is 1. The van der Waals surface area contributed by atoms with Crippen LogP contribution in [0.15, 0.2) is 48.5 Å². The second-order valence-electron chi connectivity index (χ2n) is 7.40. The van der Waals surface area contributed by atoms with Crippen molar-refractivity contribution in [2.45, 2.75) is 33.2 Å². The number of nitrogens with one attached hydrogen (secondary N) is 1. The van der Waals surface area contributed by atoms with E-state index in [1.807, 2.05) is 24.3 Å². The standard InChI is InChI=1S/C21H23N7O/c1-14(2)11-12-28-19(22-21(29)25-28)13-15-7-9-16(10-8-15)17-5-3-4-6-18(17)20-23-26-27-24-20/h3-10,14H,11-13H2,1-2H3,(H,25,29)(H,23,24,26,27). The molecule has 4 aromatic rings. The fourth-order valence-electron chi connectivity index (χ4n) is 3.25. The van der Waals surface area contributed by atoms with Crippen LogP contribution in [0.2, 0.25) is 0 Å². The lowest BCUT2D eigenvalue weighted by Crippen LogP contribution is -2.08. The Morgan fingerprint density at radius 3 is 2.48 bits per heavy atom. The van der Waals surface area contributed by atoms with Crippen LogP contribution in [0.4, 0.5) is 0 Å². The Kier molecular flexibility index (Phi) is 5.33. The van der Waals surface area contributed by atoms with Crippen molar-refractivity contribution in [2.75, 3.05) is 0 Å². The van der Waals surface area contributed by atoms with Crippen molar-refractivity contribution in [1.29, 1.82) is 0 Å². The van der Waals surface area contributed by atoms with Gasteiger partial charge in [-0.1, -0.05) is 62.4 Å². The predicted molar refractivity (Wildman–Crippen MR) is 109 cm³/mol. The molecule has 29 heavy (non-hydrogen) atoms. The minimum atomic E-state index is -0.171. The van der Waals surface area contributed by atoms with Crippen molar-refractivity contribution in [3.05, 3.63) is 59.9 Å². The van der Waals surface area contributed by atoms with Crippen LogP contribution in [0.5, 0.6) is 6.01 Å². The number of hydrogen-bond donors (Lipinski definition) is 2. The zero-order chi connectivity index (χ0) is 20.2. The van der Waals surface area contributed by atoms with Gasteiger partial charge in [-0.15, -0.1) is 10.2 Å². The van der Waals surface area contributed by atoms with E-state index < -0.39 is 0 Å². The highest BCUT2D eigenvalue weighted by Gasteiger charge is 2.12. The molecule has 8 heteroatoms. The van der Waals surface area contributed by atoms with E-state index in [1.54, 1.807) is 4.68 Å². The lowest BCUT2D eigenvalue weighted by molar-refractivity contribution is 0.414. The SMILES string of the molecule is CC(C)CCn1nc(O)nc1Cc1ccc(-c2ccccc2-c2nnn[nH]2)cc1. The molecule has 0 spiro atoms. The Morgan fingerprint density at radius 2 is 1.79 bits per heavy atom. The predicted octanol–water partition coefficient (Wildman–Crippen LogP) is 3.47. The van der Waals surface area contributed by atoms with Crippen LogP contribution in [0, 0.1) is 5.92 Å². The molecule has 2 aromatic carbocycles. The molecule has 2 aromatic heterocycles. The first-order chi connectivity index (χ1) is 14.1. The average molecular weight is 389 g/mol. The summed E-state index contributed by atoms with van der Waals surface area (Å²) >= 11 is 0. The van der Waals surface area contributed by atoms with Gasteiger partial charge in [-0.3, -0.25) is 0 Å². The maximum absolute atomic E-state index is 9.73. The van der Waals surface area contributed by atoms with E-state index in [2.05, 4.69) is 68.8 Å². The van der Waals surface area contributed by atoms with Gasteiger partial charge in [-0.25, -0.2) is 9.78 Å². The van der Waals surface area contributed by atoms with E-state index >= 15 is 0 Å². The highest BCUT2D eigenvalue weighted by Crippen LogP contribution is 2.30. The van der Waals surface area contributed by atoms with Gasteiger partial charge < -0.3 is 5.11 Å². The molecule has 0 fully saturated rings. The number of hydrogen-bond acceptors (Lipinski definition) is 6. The van der Waals surface area contributed by atoms with Gasteiger partial charge in [0.25, 0.3) is 0 Å². The number of aromatic amines is 1. The third kappa shape index (κ3) is 4.31. The van der Waals surface area contributed by atoms with E-state index in [0.717, 1.165) is 41.0 Å². The normalized spacial score (nSPS) is 11.3. The molecular formula is C21H23N7O. The number of aryl methyl sites for hydroxylation is 1. The molecule has 148 valence electrons. The Balaban J connectivity index is 1.56. The summed E-state index contributed by atoms with van der Waals surface area (Å²) in [6, 6.07) is 16.1. The third-order valence-electron chi connectivity index (χ3n) is 4.81. The van der Waals surface area contributed by atoms with Crippen molar-refractivity contribution in [1.82, 2.24) is 35.4 Å². The van der Waals surface area contributed by atoms with Gasteiger partial charge in [0.1, 0.15) is 5.82 Å². The number of tetrazole rings is 1. The fraction of sp³-hybridized carbons (Fsp3) is 0.286. The molecule has 0 unspecified atom stereocenters. The van der Waals surface area contributed by atoms with E-state index in [9.17, 15) is 5.11 Å². The molecule has 0 saturated carbocycles. The molecule has 0 radical (unpaired) electrons. The maximum Gasteiger partial charge on any atom is 0.333 e. The number of nitrogens with zero attached hydrogens (tertiary/aromatic N) is 6. The molecule has 4 rings (SSSR count). The molecule has 0 aliphatic rings. The molecule has 0 aliphatic heterocycles. The van der Waals surface area contributed by atoms with Crippen molar-refractivity contribution in [2.24, 2.45) is 5.92 Å². The highest BCUT2D eigenvalue weighted by molar-refractivity contribution is 5.80. The summed E-state index contributed by atoms with van der Waals surface area (Å²) in [6.45, 7) is 5.08. The first-order valence-corrected chi connectivity index (χ1v) is 9.65. The molecule has 0 bridgehead atoms. The van der Waals surface area contributed by atoms with Crippen molar-refractivity contribution in [3.8, 4) is 28.5 Å². The van der Waals surface area contributed by atoms with Crippen LogP contribution in [0.3, 0.4) is 0 Å². The summed E-state index contributed by atoms with van der Waals surface area (Å²) in [5.41, 5.74) is 4.18. The van der Waals surface area contributed by atoms with Gasteiger partial charge in [0.2, 0.25) is 0 Å². The van der Waals surface area contributed by atoms with Gasteiger partial charge in [0.05, 0.1) is 0 Å². The van der Waals surface area contributed by atoms with Crippen molar-refractivity contribution >= 4 is 0 Å². The van der Waals surface area contributed by atoms with Crippen molar-refractivity contribution in [3.63, 3.8) is 0 Å². The number of rotatable bonds is 7. The molecule has 0 amide bonds. The van der Waals surface area contributed by atoms with Crippen LogP contribution in [-0.4, -0.2) is 40.5 Å². The summed E-state index contributed by atoms with van der Waals surface area (Å²) in [5, 5.41) is 28.1. The van der Waals surface area contributed by atoms with Crippen LogP contribution >= 0.6 is 0 Å². The van der Waals surface area contributed by atoms with Crippen LogP contribution in [0.25, 0.3) is 22.5 Å². The average Bonchev–Trinajstić information content (AvgIpc) is 3.37. The zero-order valence-electron chi connectivity index (χ0n) is 16.4. The van der Waals surface area contributed by atoms with Crippen LogP contribution < -0.4 is 0 Å². The summed E-state index contributed by atoms with van der Waals surface area (Å²) < 4.78 is 1.80. The first-order valence-electron chi connectivity index (χ1n) is 9.65. The number of benzene rings is 2. The minimum absolute atomic E-state index is 0.171. The van der Waals surface area contributed by atoms with Crippen LogP contribution in [0.1, 0.15) is 31.7 Å². The molecule has 2 N–H and O–H groups in total. The Bertz CT molecular complexity index is 1070. The van der Waals surface area contributed by atoms with Gasteiger partial charge in [0.15, 0.2) is 5.82 Å². The molecule has 2 heterocycles. The largest absolute Gasteiger partial charge is 0.478 e. The van der Waals surface area contributed by atoms with Gasteiger partial charge in [-0.05, 0) is 39.5 Å². The van der Waals surface area contributed by atoms with Gasteiger partial charge in [-0.2, -0.15) is 4.98 Å². The summed E-state index contributed by atoms with van der Waals surface area (Å²) in [5.74, 6) is 1.97. The van der Waals surface area contributed by atoms with Gasteiger partial charge in [0, 0.05) is 18.5 Å². The van der Waals surface area contributed by atoms with E-state index in [4.69, 9.17) is 0 Å². The molecule has 0 saturated heterocycles. The fourth-order valence-corrected chi connectivity index (χ4v) is 3.25. The molecular weight excluding hydrogens is 366 g/mol. The maximum atomic E-state index is 9.73. The van der Waals surface area contributed by atoms with E-state index in [0.29, 0.717) is 18.2 Å². The Labute approximate surface area is 168 Å². The second-order valence-corrected chi connectivity index (χ2v) is 7.40. The number of aromatic nitrogens is 7. The minimum Gasteiger partial charge on any atom is -0.478 e. The smallest absolute Gasteiger partial charge is 0.333 e. The molecule has 8 nitrogen and oxygen atoms in total. The Hall–Kier alpha value is -3.55. The first kappa shape index (κ1) is 18.8. The summed E-state index contributed by atoms with van der Waals surface area (Å²) in [6.07, 6.45) is 1.60. The number of aromatic hydroxyl groups is 1. The van der Waals surface area contributed by atoms with Crippen LogP contribution in [-0.2, 0) is 13.0 Å². The highest BCUT2D eigenvalue weighted by atomic mass is 16.3. The monoisotopic (exact) mass is 389 g/mol. The zero-order valence-corrected chi connectivity index (χ0v) is 16.4. The molecule has 0 atom stereocenters. The van der Waals surface area contributed by atoms with Gasteiger partial charge >= 0.3 is 6.01 Å². The van der Waals surface area contributed by atoms with E-state index in [-0.39, 0.29) is 6.01 Å². The van der Waals surface area contributed by atoms with Crippen molar-refractivity contribution < 1.29 is 5.11 Å². The summed E-state index contributed by atoms with van der Waals surface area (Å²) in [7, 11) is 0. The third-order valence-corrected chi connectivity index (χ3v) is 4.81. The Morgan fingerprint density at radius 1 is 1.03 bits per heavy atom. The lowest BCUT2D eigenvalue weighted by Gasteiger charge is -2.09. The molecule has 0 aliphatic carbocycles. The lowest BCUT2D eigenvalue weighted by atomic mass is 9.98. The quantitative estimate of drug-likeness (QED) is 0.501.